The van der Waals surface area contributed by atoms with Crippen LogP contribution in [-0.2, 0) is 14.8 Å². The van der Waals surface area contributed by atoms with E-state index in [1.165, 1.54) is 18.3 Å². The van der Waals surface area contributed by atoms with Gasteiger partial charge in [0.1, 0.15) is 16.4 Å². The first-order valence-electron chi connectivity index (χ1n) is 7.50. The number of aromatic nitrogens is 1. The molecule has 1 amide bonds. The highest BCUT2D eigenvalue weighted by Gasteiger charge is 2.38. The molecule has 4 rings (SSSR count). The summed E-state index contributed by atoms with van der Waals surface area (Å²) in [4.78, 5) is 16.1. The van der Waals surface area contributed by atoms with E-state index in [9.17, 15) is 13.2 Å². The van der Waals surface area contributed by atoms with Gasteiger partial charge in [0.25, 0.3) is 15.9 Å². The summed E-state index contributed by atoms with van der Waals surface area (Å²) in [5.41, 5.74) is 5.74. The summed E-state index contributed by atoms with van der Waals surface area (Å²) < 4.78 is 27.6. The van der Waals surface area contributed by atoms with Crippen LogP contribution in [0.15, 0.2) is 71.4 Å². The first-order valence-corrected chi connectivity index (χ1v) is 8.94. The number of sulfonamides is 1. The lowest BCUT2D eigenvalue weighted by molar-refractivity contribution is -0.114. The fourth-order valence-corrected chi connectivity index (χ4v) is 4.81. The molecular weight excluding hydrogens is 338 g/mol. The molecule has 0 saturated heterocycles. The van der Waals surface area contributed by atoms with Gasteiger partial charge in [-0.15, -0.1) is 0 Å². The number of benzene rings is 2. The summed E-state index contributed by atoms with van der Waals surface area (Å²) in [5.74, 6) is -0.723. The maximum atomic E-state index is 13.4. The molecule has 0 saturated carbocycles. The summed E-state index contributed by atoms with van der Waals surface area (Å²) in [7, 11) is -4.05. The maximum absolute atomic E-state index is 13.4. The molecule has 1 aliphatic rings. The van der Waals surface area contributed by atoms with Crippen molar-refractivity contribution < 1.29 is 13.2 Å². The Kier molecular flexibility index (Phi) is 3.33. The van der Waals surface area contributed by atoms with E-state index >= 15 is 0 Å². The fraction of sp³-hybridized carbons (Fsp3) is 0. The molecule has 124 valence electrons. The fourth-order valence-electron chi connectivity index (χ4n) is 2.98. The van der Waals surface area contributed by atoms with Crippen LogP contribution in [0.3, 0.4) is 0 Å². The quantitative estimate of drug-likeness (QED) is 0.766. The molecule has 25 heavy (non-hydrogen) atoms. The Balaban J connectivity index is 2.11. The Bertz CT molecular complexity index is 1140. The normalized spacial score (nSPS) is 15.5. The Morgan fingerprint density at radius 2 is 1.76 bits per heavy atom. The molecule has 0 unspecified atom stereocenters. The predicted molar refractivity (Wildman–Crippen MR) is 95.0 cm³/mol. The van der Waals surface area contributed by atoms with Crippen LogP contribution in [-0.4, -0.2) is 19.3 Å². The standard InChI is InChI=1S/C18H13N3O3S/c19-18(22)15-11-13-9-8-12-5-1-2-6-14(12)17(13)25(23,24)21(15)16-7-3-4-10-20-16/h1-11H,(H2,19,22). The Morgan fingerprint density at radius 1 is 1.00 bits per heavy atom. The van der Waals surface area contributed by atoms with Gasteiger partial charge >= 0.3 is 0 Å². The minimum atomic E-state index is -4.05. The van der Waals surface area contributed by atoms with Crippen molar-refractivity contribution in [3.05, 3.63) is 72.1 Å². The van der Waals surface area contributed by atoms with Gasteiger partial charge < -0.3 is 5.73 Å². The zero-order chi connectivity index (χ0) is 17.6. The highest BCUT2D eigenvalue weighted by Crippen LogP contribution is 2.38. The minimum absolute atomic E-state index is 0.117. The number of carbonyl (C=O) groups is 1. The van der Waals surface area contributed by atoms with E-state index < -0.39 is 15.9 Å². The summed E-state index contributed by atoms with van der Waals surface area (Å²) in [6.45, 7) is 0. The molecule has 6 nitrogen and oxygen atoms in total. The third-order valence-electron chi connectivity index (χ3n) is 4.03. The van der Waals surface area contributed by atoms with Crippen LogP contribution in [0.4, 0.5) is 5.82 Å². The lowest BCUT2D eigenvalue weighted by Crippen LogP contribution is -2.39. The van der Waals surface area contributed by atoms with Crippen LogP contribution in [0.2, 0.25) is 0 Å². The van der Waals surface area contributed by atoms with Crippen molar-refractivity contribution in [2.45, 2.75) is 4.90 Å². The van der Waals surface area contributed by atoms with Gasteiger partial charge in [-0.05, 0) is 29.2 Å². The highest BCUT2D eigenvalue weighted by atomic mass is 32.2. The molecule has 2 aromatic carbocycles. The Morgan fingerprint density at radius 3 is 2.48 bits per heavy atom. The number of pyridine rings is 1. The zero-order valence-electron chi connectivity index (χ0n) is 13.0. The minimum Gasteiger partial charge on any atom is -0.364 e. The van der Waals surface area contributed by atoms with Crippen LogP contribution in [0, 0.1) is 0 Å². The molecule has 2 heterocycles. The number of nitrogens with zero attached hydrogens (tertiary/aromatic N) is 2. The second-order valence-electron chi connectivity index (χ2n) is 5.56. The number of hydrogen-bond acceptors (Lipinski definition) is 4. The Hall–Kier alpha value is -3.19. The van der Waals surface area contributed by atoms with Gasteiger partial charge in [-0.3, -0.25) is 4.79 Å². The largest absolute Gasteiger partial charge is 0.364 e. The van der Waals surface area contributed by atoms with Gasteiger partial charge in [-0.1, -0.05) is 42.5 Å². The molecule has 3 aromatic rings. The number of primary amides is 1. The summed E-state index contributed by atoms with van der Waals surface area (Å²) in [5, 5.41) is 1.38. The Labute approximate surface area is 144 Å². The second kappa shape index (κ2) is 5.42. The van der Waals surface area contributed by atoms with Crippen molar-refractivity contribution in [1.29, 1.82) is 0 Å². The number of amides is 1. The molecule has 2 N–H and O–H groups in total. The molecule has 0 aliphatic carbocycles. The number of fused-ring (bicyclic) bond motifs is 3. The van der Waals surface area contributed by atoms with E-state index in [1.807, 2.05) is 18.2 Å². The first kappa shape index (κ1) is 15.3. The van der Waals surface area contributed by atoms with Gasteiger partial charge in [0.2, 0.25) is 0 Å². The number of carbonyl (C=O) groups excluding carboxylic acids is 1. The van der Waals surface area contributed by atoms with Crippen LogP contribution in [0.1, 0.15) is 5.56 Å². The third kappa shape index (κ3) is 2.28. The van der Waals surface area contributed by atoms with Crippen molar-refractivity contribution in [3.63, 3.8) is 0 Å². The molecule has 7 heteroatoms. The lowest BCUT2D eigenvalue weighted by atomic mass is 10.1. The average Bonchev–Trinajstić information content (AvgIpc) is 2.61. The van der Waals surface area contributed by atoms with Crippen LogP contribution in [0.5, 0.6) is 0 Å². The van der Waals surface area contributed by atoms with Crippen LogP contribution in [0.25, 0.3) is 16.8 Å². The van der Waals surface area contributed by atoms with Crippen LogP contribution >= 0.6 is 0 Å². The third-order valence-corrected chi connectivity index (χ3v) is 5.87. The van der Waals surface area contributed by atoms with Crippen LogP contribution < -0.4 is 10.0 Å². The van der Waals surface area contributed by atoms with Gasteiger partial charge in [0, 0.05) is 11.6 Å². The van der Waals surface area contributed by atoms with Crippen molar-refractivity contribution in [3.8, 4) is 0 Å². The highest BCUT2D eigenvalue weighted by molar-refractivity contribution is 7.93. The summed E-state index contributed by atoms with van der Waals surface area (Å²) >= 11 is 0. The zero-order valence-corrected chi connectivity index (χ0v) is 13.8. The molecule has 0 radical (unpaired) electrons. The van der Waals surface area contributed by atoms with E-state index in [0.29, 0.717) is 10.9 Å². The van der Waals surface area contributed by atoms with Crippen molar-refractivity contribution in [2.24, 2.45) is 5.73 Å². The average molecular weight is 351 g/mol. The van der Waals surface area contributed by atoms with Gasteiger partial charge in [-0.2, -0.15) is 0 Å². The second-order valence-corrected chi connectivity index (χ2v) is 7.28. The molecule has 1 aromatic heterocycles. The van der Waals surface area contributed by atoms with E-state index in [0.717, 1.165) is 9.69 Å². The van der Waals surface area contributed by atoms with Crippen molar-refractivity contribution >= 4 is 38.6 Å². The molecule has 0 fully saturated rings. The predicted octanol–water partition coefficient (Wildman–Crippen LogP) is 2.27. The van der Waals surface area contributed by atoms with Crippen molar-refractivity contribution in [1.82, 2.24) is 4.98 Å². The lowest BCUT2D eigenvalue weighted by Gasteiger charge is -2.29. The number of anilines is 1. The van der Waals surface area contributed by atoms with Gasteiger partial charge in [0.05, 0.1) is 0 Å². The topological polar surface area (TPSA) is 93.4 Å². The van der Waals surface area contributed by atoms with E-state index in [2.05, 4.69) is 4.98 Å². The summed E-state index contributed by atoms with van der Waals surface area (Å²) in [6, 6.07) is 15.5. The SMILES string of the molecule is NC(=O)C1=Cc2ccc3ccccc3c2S(=O)(=O)N1c1ccccn1. The number of rotatable bonds is 2. The number of hydrogen-bond donors (Lipinski definition) is 1. The molecular formula is C18H13N3O3S. The van der Waals surface area contributed by atoms with E-state index in [-0.39, 0.29) is 16.4 Å². The van der Waals surface area contributed by atoms with E-state index in [1.54, 1.807) is 30.3 Å². The molecule has 0 spiro atoms. The number of nitrogens with two attached hydrogens (primary N) is 1. The maximum Gasteiger partial charge on any atom is 0.271 e. The first-order chi connectivity index (χ1) is 12.0. The van der Waals surface area contributed by atoms with Crippen molar-refractivity contribution in [2.75, 3.05) is 4.31 Å². The van der Waals surface area contributed by atoms with E-state index in [4.69, 9.17) is 5.73 Å². The summed E-state index contributed by atoms with van der Waals surface area (Å²) in [6.07, 6.45) is 2.95. The van der Waals surface area contributed by atoms with Gasteiger partial charge in [-0.25, -0.2) is 17.7 Å². The smallest absolute Gasteiger partial charge is 0.271 e. The molecule has 0 atom stereocenters. The molecule has 1 aliphatic heterocycles. The molecule has 0 bridgehead atoms. The monoisotopic (exact) mass is 351 g/mol. The van der Waals surface area contributed by atoms with Gasteiger partial charge in [0.15, 0.2) is 0 Å².